The van der Waals surface area contributed by atoms with Crippen molar-refractivity contribution in [1.29, 1.82) is 0 Å². The molecule has 0 aliphatic carbocycles. The fourth-order valence-electron chi connectivity index (χ4n) is 0.603. The lowest BCUT2D eigenvalue weighted by molar-refractivity contribution is -0.143. The van der Waals surface area contributed by atoms with Gasteiger partial charge in [-0.15, -0.1) is 0 Å². The molecule has 2 nitrogen and oxygen atoms in total. The van der Waals surface area contributed by atoms with Crippen molar-refractivity contribution in [3.8, 4) is 0 Å². The van der Waals surface area contributed by atoms with Crippen LogP contribution in [-0.4, -0.2) is 17.2 Å². The monoisotopic (exact) mass is 148 g/mol. The standard InChI is InChI=1S/C7H13FO2/c1-5(2)3-4-6(8)7(9)10/h5-6H,3-4H2,1-2H3,(H,9,10)/t6-/m0/s1. The molecule has 0 aromatic rings. The van der Waals surface area contributed by atoms with Gasteiger partial charge in [0.15, 0.2) is 6.17 Å². The van der Waals surface area contributed by atoms with Gasteiger partial charge in [-0.1, -0.05) is 13.8 Å². The average Bonchev–Trinajstić information content (AvgIpc) is 1.82. The topological polar surface area (TPSA) is 37.3 Å². The molecule has 0 rings (SSSR count). The minimum absolute atomic E-state index is 0.132. The van der Waals surface area contributed by atoms with Crippen molar-refractivity contribution < 1.29 is 14.3 Å². The largest absolute Gasteiger partial charge is 0.479 e. The zero-order valence-corrected chi connectivity index (χ0v) is 6.30. The molecule has 0 aliphatic heterocycles. The van der Waals surface area contributed by atoms with Crippen molar-refractivity contribution >= 4 is 5.97 Å². The summed E-state index contributed by atoms with van der Waals surface area (Å²) in [6.45, 7) is 3.88. The minimum atomic E-state index is -1.68. The third-order valence-electron chi connectivity index (χ3n) is 1.27. The van der Waals surface area contributed by atoms with Gasteiger partial charge in [0.05, 0.1) is 0 Å². The molecule has 0 heterocycles. The maximum atomic E-state index is 12.3. The number of rotatable bonds is 4. The zero-order chi connectivity index (χ0) is 8.15. The van der Waals surface area contributed by atoms with Gasteiger partial charge in [-0.3, -0.25) is 0 Å². The van der Waals surface area contributed by atoms with E-state index >= 15 is 0 Å². The summed E-state index contributed by atoms with van der Waals surface area (Å²) in [5, 5.41) is 8.12. The highest BCUT2D eigenvalue weighted by atomic mass is 19.1. The van der Waals surface area contributed by atoms with E-state index in [-0.39, 0.29) is 6.42 Å². The van der Waals surface area contributed by atoms with Crippen LogP contribution in [0.15, 0.2) is 0 Å². The molecule has 0 saturated carbocycles. The Bertz CT molecular complexity index is 112. The molecule has 0 aliphatic rings. The molecule has 0 unspecified atom stereocenters. The molecule has 0 radical (unpaired) electrons. The Kier molecular flexibility index (Phi) is 4.00. The molecule has 0 bridgehead atoms. The van der Waals surface area contributed by atoms with Crippen molar-refractivity contribution in [3.63, 3.8) is 0 Å². The number of hydrogen-bond acceptors (Lipinski definition) is 1. The molecule has 1 N–H and O–H groups in total. The fourth-order valence-corrected chi connectivity index (χ4v) is 0.603. The van der Waals surface area contributed by atoms with Crippen LogP contribution in [-0.2, 0) is 4.79 Å². The molecular formula is C7H13FO2. The number of carbonyl (C=O) groups is 1. The Morgan fingerprint density at radius 2 is 2.00 bits per heavy atom. The van der Waals surface area contributed by atoms with E-state index in [9.17, 15) is 9.18 Å². The first-order valence-corrected chi connectivity index (χ1v) is 3.41. The van der Waals surface area contributed by atoms with Crippen LogP contribution in [0.3, 0.4) is 0 Å². The van der Waals surface area contributed by atoms with Crippen molar-refractivity contribution in [2.45, 2.75) is 32.9 Å². The second-order valence-electron chi connectivity index (χ2n) is 2.78. The third-order valence-corrected chi connectivity index (χ3v) is 1.27. The molecular weight excluding hydrogens is 135 g/mol. The summed E-state index contributed by atoms with van der Waals surface area (Å²) in [5.41, 5.74) is 0. The number of carboxylic acids is 1. The summed E-state index contributed by atoms with van der Waals surface area (Å²) in [7, 11) is 0. The minimum Gasteiger partial charge on any atom is -0.479 e. The van der Waals surface area contributed by atoms with Crippen LogP contribution < -0.4 is 0 Å². The van der Waals surface area contributed by atoms with Crippen LogP contribution in [0.5, 0.6) is 0 Å². The van der Waals surface area contributed by atoms with E-state index in [1.807, 2.05) is 13.8 Å². The van der Waals surface area contributed by atoms with Crippen molar-refractivity contribution in [1.82, 2.24) is 0 Å². The maximum absolute atomic E-state index is 12.3. The summed E-state index contributed by atoms with van der Waals surface area (Å²) < 4.78 is 12.3. The predicted octanol–water partition coefficient (Wildman–Crippen LogP) is 1.85. The Balaban J connectivity index is 3.40. The molecule has 10 heavy (non-hydrogen) atoms. The highest BCUT2D eigenvalue weighted by Gasteiger charge is 2.14. The first kappa shape index (κ1) is 9.40. The molecule has 0 amide bonds. The Morgan fingerprint density at radius 3 is 2.30 bits per heavy atom. The molecule has 3 heteroatoms. The van der Waals surface area contributed by atoms with Crippen molar-refractivity contribution in [2.75, 3.05) is 0 Å². The van der Waals surface area contributed by atoms with E-state index in [1.165, 1.54) is 0 Å². The third kappa shape index (κ3) is 4.30. The number of aliphatic carboxylic acids is 1. The van der Waals surface area contributed by atoms with Gasteiger partial charge >= 0.3 is 5.97 Å². The van der Waals surface area contributed by atoms with Crippen LogP contribution in [0.2, 0.25) is 0 Å². The van der Waals surface area contributed by atoms with Gasteiger partial charge in [0.1, 0.15) is 0 Å². The average molecular weight is 148 g/mol. The number of carboxylic acid groups (broad SMARTS) is 1. The maximum Gasteiger partial charge on any atom is 0.338 e. The van der Waals surface area contributed by atoms with E-state index < -0.39 is 12.1 Å². The van der Waals surface area contributed by atoms with Gasteiger partial charge < -0.3 is 5.11 Å². The first-order valence-electron chi connectivity index (χ1n) is 3.41. The second-order valence-corrected chi connectivity index (χ2v) is 2.78. The van der Waals surface area contributed by atoms with Gasteiger partial charge in [-0.25, -0.2) is 9.18 Å². The van der Waals surface area contributed by atoms with Gasteiger partial charge in [0.25, 0.3) is 0 Å². The molecule has 0 saturated heterocycles. The van der Waals surface area contributed by atoms with Gasteiger partial charge in [0.2, 0.25) is 0 Å². The molecule has 0 aromatic carbocycles. The van der Waals surface area contributed by atoms with E-state index in [2.05, 4.69) is 0 Å². The van der Waals surface area contributed by atoms with E-state index in [0.717, 1.165) is 0 Å². The number of hydrogen-bond donors (Lipinski definition) is 1. The van der Waals surface area contributed by atoms with Crippen LogP contribution in [0.4, 0.5) is 4.39 Å². The normalized spacial score (nSPS) is 13.6. The Morgan fingerprint density at radius 1 is 1.50 bits per heavy atom. The van der Waals surface area contributed by atoms with Crippen molar-refractivity contribution in [3.05, 3.63) is 0 Å². The zero-order valence-electron chi connectivity index (χ0n) is 6.30. The fraction of sp³-hybridized carbons (Fsp3) is 0.857. The lowest BCUT2D eigenvalue weighted by Crippen LogP contribution is -2.14. The summed E-state index contributed by atoms with van der Waals surface area (Å²) in [5.74, 6) is -0.974. The van der Waals surface area contributed by atoms with E-state index in [4.69, 9.17) is 5.11 Å². The Labute approximate surface area is 60.1 Å². The number of halogens is 1. The Hall–Kier alpha value is -0.600. The summed E-state index contributed by atoms with van der Waals surface area (Å²) >= 11 is 0. The van der Waals surface area contributed by atoms with Gasteiger partial charge in [0, 0.05) is 0 Å². The highest BCUT2D eigenvalue weighted by Crippen LogP contribution is 2.08. The van der Waals surface area contributed by atoms with Crippen molar-refractivity contribution in [2.24, 2.45) is 5.92 Å². The van der Waals surface area contributed by atoms with Gasteiger partial charge in [-0.05, 0) is 18.8 Å². The van der Waals surface area contributed by atoms with Crippen LogP contribution >= 0.6 is 0 Å². The van der Waals surface area contributed by atoms with Crippen LogP contribution in [0, 0.1) is 5.92 Å². The highest BCUT2D eigenvalue weighted by molar-refractivity contribution is 5.71. The first-order chi connectivity index (χ1) is 4.54. The smallest absolute Gasteiger partial charge is 0.338 e. The van der Waals surface area contributed by atoms with Crippen LogP contribution in [0.1, 0.15) is 26.7 Å². The quantitative estimate of drug-likeness (QED) is 0.660. The summed E-state index contributed by atoms with van der Waals surface area (Å²) in [4.78, 5) is 9.94. The molecule has 0 aromatic heterocycles. The van der Waals surface area contributed by atoms with E-state index in [1.54, 1.807) is 0 Å². The summed E-state index contributed by atoms with van der Waals surface area (Å²) in [6.07, 6.45) is -0.914. The van der Waals surface area contributed by atoms with E-state index in [0.29, 0.717) is 12.3 Å². The lowest BCUT2D eigenvalue weighted by Gasteiger charge is -2.04. The molecule has 0 fully saturated rings. The SMILES string of the molecule is CC(C)CC[C@H](F)C(=O)O. The van der Waals surface area contributed by atoms with Gasteiger partial charge in [-0.2, -0.15) is 0 Å². The second kappa shape index (κ2) is 4.25. The predicted molar refractivity (Wildman–Crippen MR) is 36.6 cm³/mol. The van der Waals surface area contributed by atoms with Crippen LogP contribution in [0.25, 0.3) is 0 Å². The summed E-state index contributed by atoms with van der Waals surface area (Å²) in [6, 6.07) is 0. The number of alkyl halides is 1. The molecule has 60 valence electrons. The molecule has 1 atom stereocenters. The molecule has 0 spiro atoms. The lowest BCUT2D eigenvalue weighted by atomic mass is 10.1.